The smallest absolute Gasteiger partial charge is 0.328 e. The zero-order valence-electron chi connectivity index (χ0n) is 19.1. The number of piperazine rings is 1. The first-order valence-corrected chi connectivity index (χ1v) is 12.4. The average Bonchev–Trinajstić information content (AvgIpc) is 2.99. The first-order valence-electron chi connectivity index (χ1n) is 11.2. The van der Waals surface area contributed by atoms with Crippen molar-refractivity contribution in [2.75, 3.05) is 32.7 Å². The molecule has 1 amide bonds. The fraction of sp³-hybridized carbons (Fsp3) is 0.320. The van der Waals surface area contributed by atoms with Crippen LogP contribution in [0, 0.1) is 0 Å². The minimum atomic E-state index is -1.26. The van der Waals surface area contributed by atoms with Crippen molar-refractivity contribution in [1.29, 1.82) is 0 Å². The highest BCUT2D eigenvalue weighted by molar-refractivity contribution is 7.99. The summed E-state index contributed by atoms with van der Waals surface area (Å²) >= 11 is 8.20. The summed E-state index contributed by atoms with van der Waals surface area (Å²) < 4.78 is 0. The summed E-state index contributed by atoms with van der Waals surface area (Å²) in [7, 11) is 0. The predicted octanol–water partition coefficient (Wildman–Crippen LogP) is 3.29. The fourth-order valence-electron chi connectivity index (χ4n) is 4.12. The predicted molar refractivity (Wildman–Crippen MR) is 135 cm³/mol. The maximum absolute atomic E-state index is 11.0. The third-order valence-electron chi connectivity index (χ3n) is 5.83. The molecule has 2 aromatic rings. The van der Waals surface area contributed by atoms with Crippen molar-refractivity contribution in [3.63, 3.8) is 0 Å². The average molecular weight is 518 g/mol. The second-order valence-electron chi connectivity index (χ2n) is 8.22. The first kappa shape index (κ1) is 26.7. The summed E-state index contributed by atoms with van der Waals surface area (Å²) in [6.45, 7) is 4.67. The van der Waals surface area contributed by atoms with Gasteiger partial charge in [-0.05, 0) is 41.8 Å². The Labute approximate surface area is 213 Å². The summed E-state index contributed by atoms with van der Waals surface area (Å²) in [6, 6.07) is 15.3. The van der Waals surface area contributed by atoms with Crippen LogP contribution in [0.2, 0.25) is 5.02 Å². The number of fused-ring (bicyclic) bond motifs is 2. The molecule has 8 nitrogen and oxygen atoms in total. The van der Waals surface area contributed by atoms with E-state index in [-0.39, 0.29) is 5.91 Å². The number of benzene rings is 2. The molecule has 0 bridgehead atoms. The molecule has 10 heteroatoms. The molecule has 35 heavy (non-hydrogen) atoms. The fourth-order valence-corrected chi connectivity index (χ4v) is 5.41. The van der Waals surface area contributed by atoms with Gasteiger partial charge in [-0.15, -0.1) is 0 Å². The third-order valence-corrected chi connectivity index (χ3v) is 7.27. The highest BCUT2D eigenvalue weighted by atomic mass is 35.5. The molecule has 1 atom stereocenters. The highest BCUT2D eigenvalue weighted by Crippen LogP contribution is 2.43. The Morgan fingerprint density at radius 3 is 2.29 bits per heavy atom. The Morgan fingerprint density at radius 2 is 1.66 bits per heavy atom. The van der Waals surface area contributed by atoms with E-state index in [1.807, 2.05) is 17.8 Å². The number of primary amides is 1. The van der Waals surface area contributed by atoms with Crippen molar-refractivity contribution in [3.05, 3.63) is 70.8 Å². The minimum Gasteiger partial charge on any atom is -0.478 e. The van der Waals surface area contributed by atoms with Crippen molar-refractivity contribution < 1.29 is 24.6 Å². The molecule has 0 aromatic heterocycles. The summed E-state index contributed by atoms with van der Waals surface area (Å²) in [5, 5.41) is 16.4. The van der Waals surface area contributed by atoms with Gasteiger partial charge in [0.15, 0.2) is 0 Å². The van der Waals surface area contributed by atoms with E-state index in [4.69, 9.17) is 27.5 Å². The zero-order chi connectivity index (χ0) is 25.4. The SMILES string of the molecule is NC(=O)CCN1CCN(C2Cc3ccccc3Sc3ccc(Cl)cc32)CC1.O=C(O)/C=C\C(=O)O. The van der Waals surface area contributed by atoms with Crippen LogP contribution in [-0.2, 0) is 20.8 Å². The zero-order valence-corrected chi connectivity index (χ0v) is 20.7. The van der Waals surface area contributed by atoms with Crippen LogP contribution in [0.4, 0.5) is 0 Å². The highest BCUT2D eigenvalue weighted by Gasteiger charge is 2.30. The number of carboxylic acids is 2. The molecule has 4 N–H and O–H groups in total. The number of hydrogen-bond acceptors (Lipinski definition) is 6. The molecule has 0 radical (unpaired) electrons. The van der Waals surface area contributed by atoms with Crippen LogP contribution in [0.1, 0.15) is 23.6 Å². The number of carbonyl (C=O) groups excluding carboxylic acids is 1. The van der Waals surface area contributed by atoms with E-state index in [0.29, 0.717) is 24.6 Å². The molecule has 2 aliphatic heterocycles. The second-order valence-corrected chi connectivity index (χ2v) is 9.74. The van der Waals surface area contributed by atoms with Gasteiger partial charge in [-0.25, -0.2) is 9.59 Å². The number of nitrogens with zero attached hydrogens (tertiary/aromatic N) is 2. The number of aliphatic carboxylic acids is 2. The second kappa shape index (κ2) is 12.7. The van der Waals surface area contributed by atoms with E-state index >= 15 is 0 Å². The molecule has 0 spiro atoms. The topological polar surface area (TPSA) is 124 Å². The lowest BCUT2D eigenvalue weighted by Crippen LogP contribution is -2.48. The number of carbonyl (C=O) groups is 3. The molecule has 2 heterocycles. The molecule has 1 saturated heterocycles. The van der Waals surface area contributed by atoms with Gasteiger partial charge in [0.2, 0.25) is 5.91 Å². The number of carboxylic acid groups (broad SMARTS) is 2. The maximum Gasteiger partial charge on any atom is 0.328 e. The van der Waals surface area contributed by atoms with E-state index < -0.39 is 11.9 Å². The molecule has 4 rings (SSSR count). The summed E-state index contributed by atoms with van der Waals surface area (Å²) in [5.74, 6) is -2.74. The Morgan fingerprint density at radius 1 is 1.00 bits per heavy atom. The molecular formula is C25H28ClN3O5S. The standard InChI is InChI=1S/C21H24ClN3OS.C4H4O4/c22-16-5-6-20-17(14-16)18(13-15-3-1-2-4-19(15)27-20)25-11-9-24(10-12-25)8-7-21(23)26;5-3(6)1-2-4(7)8/h1-6,14,18H,7-13H2,(H2,23,26);1-2H,(H,5,6)(H,7,8)/b;2-1-. The minimum absolute atomic E-state index is 0.224. The normalized spacial score (nSPS) is 18.0. The number of halogens is 1. The van der Waals surface area contributed by atoms with Crippen LogP contribution in [0.5, 0.6) is 0 Å². The summed E-state index contributed by atoms with van der Waals surface area (Å²) in [4.78, 5) is 37.7. The first-order chi connectivity index (χ1) is 16.7. The van der Waals surface area contributed by atoms with Crippen LogP contribution >= 0.6 is 23.4 Å². The molecule has 2 aromatic carbocycles. The third kappa shape index (κ3) is 8.10. The molecule has 0 saturated carbocycles. The Bertz CT molecular complexity index is 1090. The lowest BCUT2D eigenvalue weighted by Gasteiger charge is -2.39. The van der Waals surface area contributed by atoms with Gasteiger partial charge in [-0.3, -0.25) is 9.69 Å². The Kier molecular flexibility index (Phi) is 9.73. The quantitative estimate of drug-likeness (QED) is 0.499. The van der Waals surface area contributed by atoms with Crippen LogP contribution < -0.4 is 5.73 Å². The lowest BCUT2D eigenvalue weighted by molar-refractivity contribution is -0.134. The number of hydrogen-bond donors (Lipinski definition) is 3. The molecule has 1 unspecified atom stereocenters. The van der Waals surface area contributed by atoms with Gasteiger partial charge in [0.25, 0.3) is 0 Å². The van der Waals surface area contributed by atoms with Gasteiger partial charge >= 0.3 is 11.9 Å². The van der Waals surface area contributed by atoms with Crippen LogP contribution in [0.3, 0.4) is 0 Å². The maximum atomic E-state index is 11.0. The van der Waals surface area contributed by atoms with Crippen LogP contribution in [-0.4, -0.2) is 70.6 Å². The largest absolute Gasteiger partial charge is 0.478 e. The van der Waals surface area contributed by atoms with Gasteiger partial charge < -0.3 is 20.8 Å². The monoisotopic (exact) mass is 517 g/mol. The van der Waals surface area contributed by atoms with E-state index in [2.05, 4.69) is 46.2 Å². The van der Waals surface area contributed by atoms with E-state index in [9.17, 15) is 14.4 Å². The van der Waals surface area contributed by atoms with Crippen molar-refractivity contribution in [3.8, 4) is 0 Å². The lowest BCUT2D eigenvalue weighted by atomic mass is 9.96. The summed E-state index contributed by atoms with van der Waals surface area (Å²) in [6.07, 6.45) is 2.55. The molecular weight excluding hydrogens is 490 g/mol. The number of nitrogens with two attached hydrogens (primary N) is 1. The number of amides is 1. The van der Waals surface area contributed by atoms with Gasteiger partial charge in [-0.1, -0.05) is 41.6 Å². The Balaban J connectivity index is 0.000000371. The van der Waals surface area contributed by atoms with Crippen molar-refractivity contribution in [2.45, 2.75) is 28.7 Å². The molecule has 2 aliphatic rings. The van der Waals surface area contributed by atoms with Gasteiger partial charge in [-0.2, -0.15) is 0 Å². The summed E-state index contributed by atoms with van der Waals surface area (Å²) in [5.41, 5.74) is 8.02. The van der Waals surface area contributed by atoms with Gasteiger partial charge in [0.05, 0.1) is 0 Å². The molecule has 0 aliphatic carbocycles. The van der Waals surface area contributed by atoms with Crippen LogP contribution in [0.25, 0.3) is 0 Å². The van der Waals surface area contributed by atoms with Crippen molar-refractivity contribution in [2.24, 2.45) is 5.73 Å². The van der Waals surface area contributed by atoms with Crippen LogP contribution in [0.15, 0.2) is 64.4 Å². The van der Waals surface area contributed by atoms with Gasteiger partial charge in [0.1, 0.15) is 0 Å². The van der Waals surface area contributed by atoms with Gasteiger partial charge in [0, 0.05) is 72.2 Å². The molecule has 186 valence electrons. The van der Waals surface area contributed by atoms with Crippen molar-refractivity contribution >= 4 is 41.2 Å². The Hall–Kier alpha value is -2.85. The van der Waals surface area contributed by atoms with E-state index in [1.165, 1.54) is 20.9 Å². The van der Waals surface area contributed by atoms with E-state index in [0.717, 1.165) is 44.2 Å². The molecule has 1 fully saturated rings. The van der Waals surface area contributed by atoms with Crippen molar-refractivity contribution in [1.82, 2.24) is 9.80 Å². The van der Waals surface area contributed by atoms with E-state index in [1.54, 1.807) is 0 Å². The number of rotatable bonds is 6.